The van der Waals surface area contributed by atoms with Gasteiger partial charge in [0.05, 0.1) is 13.5 Å². The van der Waals surface area contributed by atoms with E-state index in [0.717, 1.165) is 0 Å². The summed E-state index contributed by atoms with van der Waals surface area (Å²) < 4.78 is 4.54. The molecule has 0 aromatic heterocycles. The van der Waals surface area contributed by atoms with E-state index in [2.05, 4.69) is 10.8 Å². The minimum absolute atomic E-state index is 0.156. The Morgan fingerprint density at radius 2 is 2.46 bits per heavy atom. The van der Waals surface area contributed by atoms with Gasteiger partial charge in [-0.2, -0.15) is 11.8 Å². The molecule has 1 unspecified atom stereocenters. The summed E-state index contributed by atoms with van der Waals surface area (Å²) in [6.07, 6.45) is 8.39. The maximum absolute atomic E-state index is 10.8. The van der Waals surface area contributed by atoms with Crippen LogP contribution in [0.15, 0.2) is 12.2 Å². The second kappa shape index (κ2) is 6.08. The lowest BCUT2D eigenvalue weighted by Gasteiger charge is -2.17. The van der Waals surface area contributed by atoms with Crippen LogP contribution in [-0.4, -0.2) is 24.1 Å². The second-order valence-electron chi connectivity index (χ2n) is 3.11. The number of carbonyl (C=O) groups excluding carboxylic acids is 1. The predicted octanol–water partition coefficient (Wildman–Crippen LogP) is 2.39. The number of esters is 1. The van der Waals surface area contributed by atoms with Crippen molar-refractivity contribution >= 4 is 17.7 Å². The Hall–Kier alpha value is -0.440. The quantitative estimate of drug-likeness (QED) is 0.517. The third kappa shape index (κ3) is 4.36. The van der Waals surface area contributed by atoms with Gasteiger partial charge in [0.15, 0.2) is 0 Å². The van der Waals surface area contributed by atoms with E-state index >= 15 is 0 Å². The lowest BCUT2D eigenvalue weighted by molar-refractivity contribution is -0.139. The number of carbonyl (C=O) groups is 1. The topological polar surface area (TPSA) is 26.3 Å². The Morgan fingerprint density at radius 3 is 3.08 bits per heavy atom. The van der Waals surface area contributed by atoms with Crippen molar-refractivity contribution in [3.8, 4) is 0 Å². The van der Waals surface area contributed by atoms with E-state index in [0.29, 0.717) is 11.7 Å². The fourth-order valence-electron chi connectivity index (χ4n) is 1.32. The first kappa shape index (κ1) is 10.6. The molecule has 0 N–H and O–H groups in total. The third-order valence-electron chi connectivity index (χ3n) is 2.08. The van der Waals surface area contributed by atoms with E-state index < -0.39 is 0 Å². The van der Waals surface area contributed by atoms with Crippen LogP contribution in [-0.2, 0) is 9.53 Å². The first-order valence-corrected chi connectivity index (χ1v) is 5.73. The molecular weight excluding hydrogens is 184 g/mol. The van der Waals surface area contributed by atoms with Crippen LogP contribution < -0.4 is 0 Å². The van der Waals surface area contributed by atoms with E-state index in [1.807, 2.05) is 17.8 Å². The van der Waals surface area contributed by atoms with Gasteiger partial charge in [0.2, 0.25) is 0 Å². The van der Waals surface area contributed by atoms with Crippen LogP contribution in [0, 0.1) is 0 Å². The molecule has 1 aliphatic heterocycles. The van der Waals surface area contributed by atoms with Gasteiger partial charge in [-0.15, -0.1) is 0 Å². The number of ether oxygens (including phenoxy) is 1. The molecule has 0 spiro atoms. The zero-order valence-electron chi connectivity index (χ0n) is 7.99. The molecule has 0 radical (unpaired) electrons. The Kier molecular flexibility index (Phi) is 4.98. The summed E-state index contributed by atoms with van der Waals surface area (Å²) in [4.78, 5) is 10.8. The van der Waals surface area contributed by atoms with E-state index in [1.54, 1.807) is 0 Å². The van der Waals surface area contributed by atoms with Crippen LogP contribution in [0.1, 0.15) is 25.7 Å². The highest BCUT2D eigenvalue weighted by Crippen LogP contribution is 2.25. The molecule has 1 heterocycles. The maximum atomic E-state index is 10.8. The summed E-state index contributed by atoms with van der Waals surface area (Å²) in [6.45, 7) is 0. The van der Waals surface area contributed by atoms with E-state index in [-0.39, 0.29) is 5.97 Å². The van der Waals surface area contributed by atoms with Crippen molar-refractivity contribution in [2.24, 2.45) is 0 Å². The van der Waals surface area contributed by atoms with Gasteiger partial charge in [-0.25, -0.2) is 0 Å². The second-order valence-corrected chi connectivity index (χ2v) is 4.46. The van der Waals surface area contributed by atoms with E-state index in [9.17, 15) is 4.79 Å². The highest BCUT2D eigenvalue weighted by atomic mass is 32.2. The normalized spacial score (nSPS) is 23.3. The highest BCUT2D eigenvalue weighted by Gasteiger charge is 2.09. The molecule has 1 rings (SSSR count). The van der Waals surface area contributed by atoms with Gasteiger partial charge < -0.3 is 4.74 Å². The molecule has 2 nitrogen and oxygen atoms in total. The van der Waals surface area contributed by atoms with Crippen molar-refractivity contribution in [2.75, 3.05) is 12.9 Å². The van der Waals surface area contributed by atoms with Crippen molar-refractivity contribution in [1.29, 1.82) is 0 Å². The van der Waals surface area contributed by atoms with Crippen LogP contribution >= 0.6 is 11.8 Å². The van der Waals surface area contributed by atoms with Gasteiger partial charge in [-0.05, 0) is 18.6 Å². The molecule has 0 saturated carbocycles. The number of thioether (sulfide) groups is 1. The van der Waals surface area contributed by atoms with Crippen molar-refractivity contribution in [1.82, 2.24) is 0 Å². The number of rotatable bonds is 3. The van der Waals surface area contributed by atoms with Crippen LogP contribution in [0.4, 0.5) is 0 Å². The third-order valence-corrected chi connectivity index (χ3v) is 3.42. The molecule has 1 atom stereocenters. The van der Waals surface area contributed by atoms with Gasteiger partial charge in [-0.1, -0.05) is 18.6 Å². The Morgan fingerprint density at radius 1 is 1.62 bits per heavy atom. The first-order valence-electron chi connectivity index (χ1n) is 4.68. The van der Waals surface area contributed by atoms with E-state index in [1.165, 1.54) is 32.1 Å². The molecule has 0 aromatic rings. The Balaban J connectivity index is 2.18. The molecule has 3 heteroatoms. The summed E-state index contributed by atoms with van der Waals surface area (Å²) in [7, 11) is 1.42. The average Bonchev–Trinajstić information content (AvgIpc) is 2.19. The predicted molar refractivity (Wildman–Crippen MR) is 55.9 cm³/mol. The Labute approximate surface area is 83.7 Å². The van der Waals surface area contributed by atoms with Crippen LogP contribution in [0.3, 0.4) is 0 Å². The first-order chi connectivity index (χ1) is 6.33. The maximum Gasteiger partial charge on any atom is 0.309 e. The van der Waals surface area contributed by atoms with Crippen LogP contribution in [0.25, 0.3) is 0 Å². The minimum Gasteiger partial charge on any atom is -0.469 e. The van der Waals surface area contributed by atoms with Crippen LogP contribution in [0.2, 0.25) is 0 Å². The summed E-state index contributed by atoms with van der Waals surface area (Å²) in [6, 6.07) is 0. The molecule has 1 aliphatic rings. The van der Waals surface area contributed by atoms with Gasteiger partial charge in [0, 0.05) is 5.25 Å². The zero-order chi connectivity index (χ0) is 9.52. The van der Waals surface area contributed by atoms with Crippen molar-refractivity contribution in [3.63, 3.8) is 0 Å². The van der Waals surface area contributed by atoms with Gasteiger partial charge in [0.25, 0.3) is 0 Å². The smallest absolute Gasteiger partial charge is 0.309 e. The minimum atomic E-state index is -0.156. The molecule has 0 amide bonds. The molecule has 1 fully saturated rings. The van der Waals surface area contributed by atoms with E-state index in [4.69, 9.17) is 0 Å². The molecule has 0 aliphatic carbocycles. The van der Waals surface area contributed by atoms with Crippen molar-refractivity contribution in [3.05, 3.63) is 12.2 Å². The largest absolute Gasteiger partial charge is 0.469 e. The number of methoxy groups -OCH3 is 1. The number of hydrogen-bond donors (Lipinski definition) is 0. The average molecular weight is 200 g/mol. The monoisotopic (exact) mass is 200 g/mol. The van der Waals surface area contributed by atoms with Crippen LogP contribution in [0.5, 0.6) is 0 Å². The van der Waals surface area contributed by atoms with Crippen molar-refractivity contribution in [2.45, 2.75) is 30.9 Å². The molecule has 0 aromatic carbocycles. The summed E-state index contributed by atoms with van der Waals surface area (Å²) >= 11 is 1.98. The molecule has 1 saturated heterocycles. The zero-order valence-corrected chi connectivity index (χ0v) is 8.81. The lowest BCUT2D eigenvalue weighted by Crippen LogP contribution is -2.06. The van der Waals surface area contributed by atoms with Crippen molar-refractivity contribution < 1.29 is 9.53 Å². The summed E-state index contributed by atoms with van der Waals surface area (Å²) in [5, 5.41) is 0.624. The lowest BCUT2D eigenvalue weighted by atomic mass is 10.2. The highest BCUT2D eigenvalue weighted by molar-refractivity contribution is 8.00. The summed E-state index contributed by atoms with van der Waals surface area (Å²) in [5.74, 6) is 1.10. The number of hydrogen-bond acceptors (Lipinski definition) is 3. The molecular formula is C10H16O2S. The molecule has 13 heavy (non-hydrogen) atoms. The fraction of sp³-hybridized carbons (Fsp3) is 0.700. The van der Waals surface area contributed by atoms with Gasteiger partial charge in [-0.3, -0.25) is 4.79 Å². The Bertz CT molecular complexity index is 183. The van der Waals surface area contributed by atoms with Gasteiger partial charge in [0.1, 0.15) is 0 Å². The molecule has 0 bridgehead atoms. The molecule has 74 valence electrons. The van der Waals surface area contributed by atoms with Gasteiger partial charge >= 0.3 is 5.97 Å². The fourth-order valence-corrected chi connectivity index (χ4v) is 2.55. The summed E-state index contributed by atoms with van der Waals surface area (Å²) in [5.41, 5.74) is 0. The SMILES string of the molecule is COC(=O)C/C=C\C1CCCCS1. The standard InChI is InChI=1S/C10H16O2S/c1-12-10(11)7-4-6-9-5-2-3-8-13-9/h4,6,9H,2-3,5,7-8H2,1H3/b6-4-.